The second kappa shape index (κ2) is 6.25. The third kappa shape index (κ3) is 3.41. The number of halogens is 3. The molecule has 1 atom stereocenters. The van der Waals surface area contributed by atoms with Gasteiger partial charge in [-0.25, -0.2) is 4.98 Å². The summed E-state index contributed by atoms with van der Waals surface area (Å²) in [7, 11) is 1.51. The van der Waals surface area contributed by atoms with Gasteiger partial charge in [-0.3, -0.25) is 0 Å². The van der Waals surface area contributed by atoms with Gasteiger partial charge in [0.25, 0.3) is 0 Å². The normalized spacial score (nSPS) is 17.5. The molecular weight excluding hydrogens is 325 g/mol. The summed E-state index contributed by atoms with van der Waals surface area (Å²) in [5.41, 5.74) is 0.737. The third-order valence-electron chi connectivity index (χ3n) is 3.94. The van der Waals surface area contributed by atoms with E-state index in [4.69, 9.17) is 4.74 Å². The number of nitrogens with one attached hydrogen (secondary N) is 1. The number of alkyl halides is 3. The molecule has 7 nitrogen and oxygen atoms in total. The maximum Gasteiger partial charge on any atom is 0.392 e. The number of fused-ring (bicyclic) bond motifs is 1. The Morgan fingerprint density at radius 2 is 2.12 bits per heavy atom. The molecule has 3 rings (SSSR count). The summed E-state index contributed by atoms with van der Waals surface area (Å²) < 4.78 is 45.3. The smallest absolute Gasteiger partial charge is 0.392 e. The Morgan fingerprint density at radius 1 is 1.33 bits per heavy atom. The highest BCUT2D eigenvalue weighted by atomic mass is 19.4. The van der Waals surface area contributed by atoms with Gasteiger partial charge >= 0.3 is 6.18 Å². The summed E-state index contributed by atoms with van der Waals surface area (Å²) in [6.07, 6.45) is -4.29. The summed E-state index contributed by atoms with van der Waals surface area (Å²) in [5, 5.41) is 10.9. The van der Waals surface area contributed by atoms with Gasteiger partial charge in [-0.2, -0.15) is 18.2 Å². The van der Waals surface area contributed by atoms with Crippen molar-refractivity contribution in [3.8, 4) is 5.88 Å². The van der Waals surface area contributed by atoms with Crippen molar-refractivity contribution in [3.05, 3.63) is 23.4 Å². The van der Waals surface area contributed by atoms with Gasteiger partial charge in [0.15, 0.2) is 5.82 Å². The summed E-state index contributed by atoms with van der Waals surface area (Å²) in [5.74, 6) is 0.381. The van der Waals surface area contributed by atoms with Gasteiger partial charge in [0.2, 0.25) is 11.8 Å². The summed E-state index contributed by atoms with van der Waals surface area (Å²) >= 11 is 0. The highest BCUT2D eigenvalue weighted by Crippen LogP contribution is 2.34. The highest BCUT2D eigenvalue weighted by molar-refractivity contribution is 5.30. The molecule has 0 saturated heterocycles. The van der Waals surface area contributed by atoms with Crippen LogP contribution in [0.25, 0.3) is 0 Å². The van der Waals surface area contributed by atoms with Crippen LogP contribution in [0.3, 0.4) is 0 Å². The first-order valence-electron chi connectivity index (χ1n) is 7.48. The summed E-state index contributed by atoms with van der Waals surface area (Å²) in [6.45, 7) is 2.34. The highest BCUT2D eigenvalue weighted by Gasteiger charge is 2.42. The topological polar surface area (TPSA) is 77.8 Å². The minimum absolute atomic E-state index is 0.0380. The van der Waals surface area contributed by atoms with Crippen LogP contribution in [0.4, 0.5) is 19.1 Å². The van der Waals surface area contributed by atoms with Crippen molar-refractivity contribution in [2.24, 2.45) is 5.92 Å². The van der Waals surface area contributed by atoms with Gasteiger partial charge in [-0.05, 0) is 13.3 Å². The van der Waals surface area contributed by atoms with E-state index >= 15 is 0 Å². The van der Waals surface area contributed by atoms with Gasteiger partial charge in [0.1, 0.15) is 5.82 Å². The zero-order valence-electron chi connectivity index (χ0n) is 13.3. The molecule has 0 aliphatic carbocycles. The number of nitrogens with zero attached hydrogens (tertiary/aromatic N) is 5. The van der Waals surface area contributed by atoms with Crippen molar-refractivity contribution < 1.29 is 17.9 Å². The molecule has 1 unspecified atom stereocenters. The van der Waals surface area contributed by atoms with Gasteiger partial charge in [0, 0.05) is 24.7 Å². The van der Waals surface area contributed by atoms with E-state index < -0.39 is 12.1 Å². The van der Waals surface area contributed by atoms with Crippen molar-refractivity contribution in [2.75, 3.05) is 12.4 Å². The molecular formula is C14H17F3N6O. The van der Waals surface area contributed by atoms with E-state index in [1.807, 2.05) is 6.92 Å². The SMILES string of the molecule is COc1cc(C)nc(NCc2nnc3n2CCC(C(F)(F)F)C3)n1. The van der Waals surface area contributed by atoms with Crippen LogP contribution < -0.4 is 10.1 Å². The number of hydrogen-bond donors (Lipinski definition) is 1. The Labute approximate surface area is 136 Å². The molecule has 1 N–H and O–H groups in total. The predicted octanol–water partition coefficient (Wildman–Crippen LogP) is 2.12. The van der Waals surface area contributed by atoms with Crippen LogP contribution >= 0.6 is 0 Å². The lowest BCUT2D eigenvalue weighted by molar-refractivity contribution is -0.179. The molecule has 0 amide bonds. The van der Waals surface area contributed by atoms with E-state index in [1.165, 1.54) is 7.11 Å². The Balaban J connectivity index is 1.70. The molecule has 2 aromatic heterocycles. The molecule has 1 aliphatic rings. The molecule has 0 spiro atoms. The van der Waals surface area contributed by atoms with Gasteiger partial charge in [-0.15, -0.1) is 10.2 Å². The fourth-order valence-corrected chi connectivity index (χ4v) is 2.68. The maximum absolute atomic E-state index is 12.8. The maximum atomic E-state index is 12.8. The molecule has 3 heterocycles. The van der Waals surface area contributed by atoms with E-state index in [0.29, 0.717) is 23.5 Å². The molecule has 2 aromatic rings. The molecule has 10 heteroatoms. The van der Waals surface area contributed by atoms with Crippen LogP contribution in [0.15, 0.2) is 6.07 Å². The Kier molecular flexibility index (Phi) is 4.29. The van der Waals surface area contributed by atoms with E-state index in [9.17, 15) is 13.2 Å². The third-order valence-corrected chi connectivity index (χ3v) is 3.94. The fourth-order valence-electron chi connectivity index (χ4n) is 2.68. The van der Waals surface area contributed by atoms with Crippen LogP contribution in [0.5, 0.6) is 5.88 Å². The molecule has 24 heavy (non-hydrogen) atoms. The molecule has 1 aliphatic heterocycles. The number of rotatable bonds is 4. The van der Waals surface area contributed by atoms with E-state index in [0.717, 1.165) is 5.69 Å². The number of methoxy groups -OCH3 is 1. The predicted molar refractivity (Wildman–Crippen MR) is 78.5 cm³/mol. The molecule has 0 aromatic carbocycles. The van der Waals surface area contributed by atoms with E-state index in [1.54, 1.807) is 10.6 Å². The standard InChI is InChI=1S/C14H17F3N6O/c1-8-5-12(24-2)20-13(19-8)18-7-11-22-21-10-6-9(14(15,16)17)3-4-23(10)11/h5,9H,3-4,6-7H2,1-2H3,(H,18,19,20). The average molecular weight is 342 g/mol. The fraction of sp³-hybridized carbons (Fsp3) is 0.571. The second-order valence-electron chi connectivity index (χ2n) is 5.64. The summed E-state index contributed by atoms with van der Waals surface area (Å²) in [6, 6.07) is 1.70. The van der Waals surface area contributed by atoms with Gasteiger partial charge in [0.05, 0.1) is 19.6 Å². The largest absolute Gasteiger partial charge is 0.481 e. The first-order valence-corrected chi connectivity index (χ1v) is 7.48. The Bertz CT molecular complexity index is 730. The first kappa shape index (κ1) is 16.5. The van der Waals surface area contributed by atoms with Crippen molar-refractivity contribution in [2.45, 2.75) is 39.0 Å². The van der Waals surface area contributed by atoms with Crippen LogP contribution in [-0.4, -0.2) is 38.0 Å². The molecule has 0 radical (unpaired) electrons. The van der Waals surface area contributed by atoms with Gasteiger partial charge in [-0.1, -0.05) is 0 Å². The number of ether oxygens (including phenoxy) is 1. The quantitative estimate of drug-likeness (QED) is 0.917. The molecule has 0 bridgehead atoms. The zero-order valence-corrected chi connectivity index (χ0v) is 13.3. The average Bonchev–Trinajstić information content (AvgIpc) is 2.94. The van der Waals surface area contributed by atoms with Gasteiger partial charge < -0.3 is 14.6 Å². The molecule has 130 valence electrons. The number of anilines is 1. The lowest BCUT2D eigenvalue weighted by atomic mass is 9.97. The van der Waals surface area contributed by atoms with Crippen molar-refractivity contribution >= 4 is 5.95 Å². The van der Waals surface area contributed by atoms with Crippen LogP contribution in [-0.2, 0) is 19.5 Å². The van der Waals surface area contributed by atoms with E-state index in [-0.39, 0.29) is 25.9 Å². The Morgan fingerprint density at radius 3 is 2.83 bits per heavy atom. The lowest BCUT2D eigenvalue weighted by Crippen LogP contribution is -2.32. The van der Waals surface area contributed by atoms with Crippen LogP contribution in [0.1, 0.15) is 23.8 Å². The molecule has 0 fully saturated rings. The Hall–Kier alpha value is -2.39. The minimum Gasteiger partial charge on any atom is -0.481 e. The number of hydrogen-bond acceptors (Lipinski definition) is 6. The summed E-state index contributed by atoms with van der Waals surface area (Å²) in [4.78, 5) is 8.39. The number of aromatic nitrogens is 5. The molecule has 0 saturated carbocycles. The van der Waals surface area contributed by atoms with Crippen molar-refractivity contribution in [1.29, 1.82) is 0 Å². The van der Waals surface area contributed by atoms with Crippen LogP contribution in [0, 0.1) is 12.8 Å². The van der Waals surface area contributed by atoms with E-state index in [2.05, 4.69) is 25.5 Å². The first-order chi connectivity index (χ1) is 11.4. The zero-order chi connectivity index (χ0) is 17.3. The van der Waals surface area contributed by atoms with Crippen molar-refractivity contribution in [1.82, 2.24) is 24.7 Å². The van der Waals surface area contributed by atoms with Crippen molar-refractivity contribution in [3.63, 3.8) is 0 Å². The number of aryl methyl sites for hydroxylation is 1. The monoisotopic (exact) mass is 342 g/mol. The lowest BCUT2D eigenvalue weighted by Gasteiger charge is -2.25. The minimum atomic E-state index is -4.19. The van der Waals surface area contributed by atoms with Crippen LogP contribution in [0.2, 0.25) is 0 Å². The second-order valence-corrected chi connectivity index (χ2v) is 5.64.